The van der Waals surface area contributed by atoms with E-state index in [0.29, 0.717) is 26.1 Å². The summed E-state index contributed by atoms with van der Waals surface area (Å²) in [4.78, 5) is 25.8. The second-order valence-corrected chi connectivity index (χ2v) is 5.84. The molecule has 1 aliphatic heterocycles. The van der Waals surface area contributed by atoms with Crippen LogP contribution in [0.2, 0.25) is 0 Å². The van der Waals surface area contributed by atoms with E-state index in [2.05, 4.69) is 5.32 Å². The Morgan fingerprint density at radius 1 is 1.36 bits per heavy atom. The number of nitrogens with one attached hydrogen (secondary N) is 1. The molecule has 5 heteroatoms. The Kier molecular flexibility index (Phi) is 5.41. The van der Waals surface area contributed by atoms with Crippen LogP contribution in [-0.4, -0.2) is 35.9 Å². The predicted molar refractivity (Wildman–Crippen MR) is 84.4 cm³/mol. The summed E-state index contributed by atoms with van der Waals surface area (Å²) in [5, 5.41) is 2.91. The molecule has 120 valence electrons. The quantitative estimate of drug-likeness (QED) is 0.874. The number of ether oxygens (including phenoxy) is 1. The van der Waals surface area contributed by atoms with Crippen molar-refractivity contribution in [1.29, 1.82) is 0 Å². The number of rotatable bonds is 6. The van der Waals surface area contributed by atoms with Gasteiger partial charge in [-0.15, -0.1) is 0 Å². The molecule has 0 spiro atoms. The first kappa shape index (κ1) is 16.3. The van der Waals surface area contributed by atoms with Gasteiger partial charge in [0, 0.05) is 25.6 Å². The molecule has 0 aromatic heterocycles. The van der Waals surface area contributed by atoms with Gasteiger partial charge < -0.3 is 15.0 Å². The summed E-state index contributed by atoms with van der Waals surface area (Å²) in [5.74, 6) is 0.603. The van der Waals surface area contributed by atoms with E-state index in [1.807, 2.05) is 45.0 Å². The van der Waals surface area contributed by atoms with E-state index in [1.165, 1.54) is 0 Å². The van der Waals surface area contributed by atoms with E-state index < -0.39 is 0 Å². The highest BCUT2D eigenvalue weighted by molar-refractivity contribution is 5.89. The highest BCUT2D eigenvalue weighted by atomic mass is 16.5. The Hall–Kier alpha value is -2.04. The zero-order valence-electron chi connectivity index (χ0n) is 13.5. The van der Waals surface area contributed by atoms with Crippen LogP contribution < -0.4 is 10.1 Å². The number of hydrogen-bond acceptors (Lipinski definition) is 3. The molecule has 1 aliphatic rings. The third-order valence-electron chi connectivity index (χ3n) is 3.85. The molecule has 1 aromatic rings. The Morgan fingerprint density at radius 3 is 2.59 bits per heavy atom. The molecule has 0 aliphatic carbocycles. The summed E-state index contributed by atoms with van der Waals surface area (Å²) in [7, 11) is 0. The monoisotopic (exact) mass is 304 g/mol. The average Bonchev–Trinajstić information content (AvgIpc) is 2.89. The van der Waals surface area contributed by atoms with Crippen molar-refractivity contribution in [2.24, 2.45) is 5.92 Å². The molecule has 1 heterocycles. The van der Waals surface area contributed by atoms with Crippen molar-refractivity contribution >= 4 is 11.8 Å². The third kappa shape index (κ3) is 4.00. The van der Waals surface area contributed by atoms with Gasteiger partial charge in [0.15, 0.2) is 0 Å². The molecule has 1 N–H and O–H groups in total. The average molecular weight is 304 g/mol. The molecule has 0 saturated carbocycles. The van der Waals surface area contributed by atoms with Gasteiger partial charge in [-0.2, -0.15) is 0 Å². The SMILES string of the molecule is CCOc1ccc(CNC(=O)[C@@H]2CC(=O)N(C(C)C)C2)cc1. The molecule has 1 fully saturated rings. The van der Waals surface area contributed by atoms with Crippen molar-refractivity contribution in [3.63, 3.8) is 0 Å². The molecule has 0 unspecified atom stereocenters. The fraction of sp³-hybridized carbons (Fsp3) is 0.529. The second-order valence-electron chi connectivity index (χ2n) is 5.84. The summed E-state index contributed by atoms with van der Waals surface area (Å²) in [6, 6.07) is 7.81. The lowest BCUT2D eigenvalue weighted by Gasteiger charge is -2.20. The molecular weight excluding hydrogens is 280 g/mol. The van der Waals surface area contributed by atoms with Gasteiger partial charge >= 0.3 is 0 Å². The standard InChI is InChI=1S/C17H24N2O3/c1-4-22-15-7-5-13(6-8-15)10-18-17(21)14-9-16(20)19(11-14)12(2)3/h5-8,12,14H,4,9-11H2,1-3H3,(H,18,21)/t14-/m1/s1. The van der Waals surface area contributed by atoms with Crippen LogP contribution in [0, 0.1) is 5.92 Å². The minimum absolute atomic E-state index is 0.0506. The lowest BCUT2D eigenvalue weighted by Crippen LogP contribution is -2.35. The van der Waals surface area contributed by atoms with E-state index in [4.69, 9.17) is 4.74 Å². The zero-order valence-corrected chi connectivity index (χ0v) is 13.5. The van der Waals surface area contributed by atoms with Crippen molar-refractivity contribution in [1.82, 2.24) is 10.2 Å². The number of amides is 2. The van der Waals surface area contributed by atoms with Crippen LogP contribution in [0.3, 0.4) is 0 Å². The molecule has 2 rings (SSSR count). The molecule has 0 bridgehead atoms. The highest BCUT2D eigenvalue weighted by Gasteiger charge is 2.35. The maximum absolute atomic E-state index is 12.2. The number of likely N-dealkylation sites (tertiary alicyclic amines) is 1. The second kappa shape index (κ2) is 7.29. The van der Waals surface area contributed by atoms with Gasteiger partial charge in [-0.3, -0.25) is 9.59 Å². The van der Waals surface area contributed by atoms with Gasteiger partial charge in [0.1, 0.15) is 5.75 Å². The summed E-state index contributed by atoms with van der Waals surface area (Å²) >= 11 is 0. The fourth-order valence-electron chi connectivity index (χ4n) is 2.61. The summed E-state index contributed by atoms with van der Waals surface area (Å²) < 4.78 is 5.38. The largest absolute Gasteiger partial charge is 0.494 e. The highest BCUT2D eigenvalue weighted by Crippen LogP contribution is 2.20. The Balaban J connectivity index is 1.84. The van der Waals surface area contributed by atoms with E-state index >= 15 is 0 Å². The predicted octanol–water partition coefficient (Wildman–Crippen LogP) is 1.96. The summed E-state index contributed by atoms with van der Waals surface area (Å²) in [6.45, 7) is 7.51. The summed E-state index contributed by atoms with van der Waals surface area (Å²) in [6.07, 6.45) is 0.313. The summed E-state index contributed by atoms with van der Waals surface area (Å²) in [5.41, 5.74) is 1.02. The molecule has 1 aromatic carbocycles. The molecular formula is C17H24N2O3. The van der Waals surface area contributed by atoms with Crippen molar-refractivity contribution in [2.45, 2.75) is 39.8 Å². The molecule has 2 amide bonds. The number of carbonyl (C=O) groups is 2. The first-order valence-corrected chi connectivity index (χ1v) is 7.80. The molecule has 1 saturated heterocycles. The van der Waals surface area contributed by atoms with Crippen molar-refractivity contribution in [2.75, 3.05) is 13.2 Å². The van der Waals surface area contributed by atoms with Crippen LogP contribution in [0.4, 0.5) is 0 Å². The maximum atomic E-state index is 12.2. The minimum Gasteiger partial charge on any atom is -0.494 e. The van der Waals surface area contributed by atoms with Crippen LogP contribution in [0.25, 0.3) is 0 Å². The molecule has 1 atom stereocenters. The molecule has 0 radical (unpaired) electrons. The van der Waals surface area contributed by atoms with Gasteiger partial charge in [-0.05, 0) is 38.5 Å². The fourth-order valence-corrected chi connectivity index (χ4v) is 2.61. The number of nitrogens with zero attached hydrogens (tertiary/aromatic N) is 1. The van der Waals surface area contributed by atoms with Gasteiger partial charge in [-0.25, -0.2) is 0 Å². The number of hydrogen-bond donors (Lipinski definition) is 1. The first-order chi connectivity index (χ1) is 10.5. The van der Waals surface area contributed by atoms with Crippen LogP contribution in [0.5, 0.6) is 5.75 Å². The zero-order chi connectivity index (χ0) is 16.1. The van der Waals surface area contributed by atoms with Gasteiger partial charge in [-0.1, -0.05) is 12.1 Å². The van der Waals surface area contributed by atoms with E-state index in [0.717, 1.165) is 11.3 Å². The third-order valence-corrected chi connectivity index (χ3v) is 3.85. The maximum Gasteiger partial charge on any atom is 0.225 e. The lowest BCUT2D eigenvalue weighted by atomic mass is 10.1. The Bertz CT molecular complexity index is 525. The number of benzene rings is 1. The van der Waals surface area contributed by atoms with Crippen LogP contribution in [0.1, 0.15) is 32.8 Å². The van der Waals surface area contributed by atoms with E-state index in [9.17, 15) is 9.59 Å². The van der Waals surface area contributed by atoms with E-state index in [-0.39, 0.29) is 23.8 Å². The lowest BCUT2D eigenvalue weighted by molar-refractivity contribution is -0.129. The molecule has 5 nitrogen and oxygen atoms in total. The van der Waals surface area contributed by atoms with Crippen molar-refractivity contribution in [3.8, 4) is 5.75 Å². The topological polar surface area (TPSA) is 58.6 Å². The Morgan fingerprint density at radius 2 is 2.05 bits per heavy atom. The van der Waals surface area contributed by atoms with Crippen LogP contribution in [0.15, 0.2) is 24.3 Å². The minimum atomic E-state index is -0.238. The van der Waals surface area contributed by atoms with Gasteiger partial charge in [0.05, 0.1) is 12.5 Å². The van der Waals surface area contributed by atoms with Crippen LogP contribution >= 0.6 is 0 Å². The van der Waals surface area contributed by atoms with Crippen LogP contribution in [-0.2, 0) is 16.1 Å². The normalized spacial score (nSPS) is 17.9. The van der Waals surface area contributed by atoms with E-state index in [1.54, 1.807) is 4.90 Å². The van der Waals surface area contributed by atoms with Gasteiger partial charge in [0.2, 0.25) is 11.8 Å². The first-order valence-electron chi connectivity index (χ1n) is 7.80. The Labute approximate surface area is 131 Å². The van der Waals surface area contributed by atoms with Crippen molar-refractivity contribution in [3.05, 3.63) is 29.8 Å². The molecule has 22 heavy (non-hydrogen) atoms. The smallest absolute Gasteiger partial charge is 0.225 e. The number of carbonyl (C=O) groups excluding carboxylic acids is 2. The van der Waals surface area contributed by atoms with Gasteiger partial charge in [0.25, 0.3) is 0 Å². The van der Waals surface area contributed by atoms with Crippen molar-refractivity contribution < 1.29 is 14.3 Å².